The van der Waals surface area contributed by atoms with Crippen molar-refractivity contribution >= 4 is 27.3 Å². The van der Waals surface area contributed by atoms with Crippen molar-refractivity contribution in [1.29, 1.82) is 0 Å². The van der Waals surface area contributed by atoms with E-state index in [-0.39, 0.29) is 10.9 Å². The van der Waals surface area contributed by atoms with Gasteiger partial charge >= 0.3 is 0 Å². The van der Waals surface area contributed by atoms with Crippen molar-refractivity contribution in [3.05, 3.63) is 94.5 Å². The molecule has 184 valence electrons. The molecule has 4 nitrogen and oxygen atoms in total. The van der Waals surface area contributed by atoms with Gasteiger partial charge in [0.25, 0.3) is 10.0 Å². The summed E-state index contributed by atoms with van der Waals surface area (Å²) in [6.45, 7) is 5.48. The molecule has 0 radical (unpaired) electrons. The second-order valence-electron chi connectivity index (χ2n) is 9.86. The third-order valence-corrected chi connectivity index (χ3v) is 9.18. The minimum absolute atomic E-state index is 0.252. The Hall–Kier alpha value is -2.34. The number of hydrogen-bond donors (Lipinski definition) is 0. The van der Waals surface area contributed by atoms with Crippen LogP contribution in [0.3, 0.4) is 0 Å². The summed E-state index contributed by atoms with van der Waals surface area (Å²) < 4.78 is 29.5. The SMILES string of the molecule is CCCN(Cc1ccc(C2CCc3ccccc3N2S(=O)(=O)c2ccc(Cl)cc2)cc1)CC1CC1. The van der Waals surface area contributed by atoms with Crippen LogP contribution in [0.4, 0.5) is 5.69 Å². The molecule has 1 aliphatic carbocycles. The third kappa shape index (κ3) is 5.42. The topological polar surface area (TPSA) is 40.6 Å². The summed E-state index contributed by atoms with van der Waals surface area (Å²) in [6.07, 6.45) is 5.47. The summed E-state index contributed by atoms with van der Waals surface area (Å²) in [5.41, 5.74) is 4.14. The average Bonchev–Trinajstić information content (AvgIpc) is 3.68. The molecule has 2 aliphatic rings. The van der Waals surface area contributed by atoms with E-state index in [0.29, 0.717) is 5.02 Å². The Morgan fingerprint density at radius 2 is 1.66 bits per heavy atom. The van der Waals surface area contributed by atoms with Gasteiger partial charge in [0.05, 0.1) is 16.6 Å². The van der Waals surface area contributed by atoms with E-state index < -0.39 is 10.0 Å². The molecule has 0 amide bonds. The molecule has 1 atom stereocenters. The van der Waals surface area contributed by atoms with Crippen molar-refractivity contribution < 1.29 is 8.42 Å². The van der Waals surface area contributed by atoms with Crippen LogP contribution in [0.1, 0.15) is 55.3 Å². The van der Waals surface area contributed by atoms with Gasteiger partial charge in [0.2, 0.25) is 0 Å². The van der Waals surface area contributed by atoms with Gasteiger partial charge in [0, 0.05) is 18.1 Å². The van der Waals surface area contributed by atoms with E-state index in [1.54, 1.807) is 28.6 Å². The van der Waals surface area contributed by atoms with Crippen LogP contribution in [0.2, 0.25) is 5.02 Å². The lowest BCUT2D eigenvalue weighted by Gasteiger charge is -2.38. The first-order chi connectivity index (χ1) is 17.0. The zero-order valence-electron chi connectivity index (χ0n) is 20.2. The van der Waals surface area contributed by atoms with Gasteiger partial charge in [-0.05, 0) is 91.6 Å². The summed E-state index contributed by atoms with van der Waals surface area (Å²) in [6, 6.07) is 22.7. The highest BCUT2D eigenvalue weighted by Crippen LogP contribution is 2.42. The molecule has 0 aromatic heterocycles. The lowest BCUT2D eigenvalue weighted by atomic mass is 9.93. The summed E-state index contributed by atoms with van der Waals surface area (Å²) in [4.78, 5) is 2.82. The van der Waals surface area contributed by atoms with Gasteiger partial charge in [-0.1, -0.05) is 61.0 Å². The van der Waals surface area contributed by atoms with Crippen molar-refractivity contribution in [1.82, 2.24) is 4.90 Å². The number of benzene rings is 3. The minimum atomic E-state index is -3.77. The Morgan fingerprint density at radius 3 is 2.34 bits per heavy atom. The molecule has 5 rings (SSSR count). The highest BCUT2D eigenvalue weighted by molar-refractivity contribution is 7.92. The van der Waals surface area contributed by atoms with Crippen molar-refractivity contribution in [2.45, 2.75) is 56.5 Å². The van der Waals surface area contributed by atoms with Crippen LogP contribution in [-0.4, -0.2) is 26.4 Å². The summed E-state index contributed by atoms with van der Waals surface area (Å²) in [7, 11) is -3.77. The van der Waals surface area contributed by atoms with Gasteiger partial charge in [-0.2, -0.15) is 0 Å². The zero-order chi connectivity index (χ0) is 24.4. The Kier molecular flexibility index (Phi) is 7.19. The van der Waals surface area contributed by atoms with Crippen molar-refractivity contribution in [3.8, 4) is 0 Å². The molecule has 6 heteroatoms. The van der Waals surface area contributed by atoms with Crippen LogP contribution < -0.4 is 4.31 Å². The van der Waals surface area contributed by atoms with Gasteiger partial charge < -0.3 is 0 Å². The number of rotatable bonds is 9. The second kappa shape index (κ2) is 10.3. The van der Waals surface area contributed by atoms with Gasteiger partial charge in [-0.15, -0.1) is 0 Å². The van der Waals surface area contributed by atoms with Crippen LogP contribution in [0.5, 0.6) is 0 Å². The van der Waals surface area contributed by atoms with E-state index in [0.717, 1.165) is 55.1 Å². The van der Waals surface area contributed by atoms with E-state index in [2.05, 4.69) is 36.1 Å². The van der Waals surface area contributed by atoms with E-state index >= 15 is 0 Å². The van der Waals surface area contributed by atoms with E-state index in [4.69, 9.17) is 11.6 Å². The van der Waals surface area contributed by atoms with E-state index in [9.17, 15) is 8.42 Å². The fraction of sp³-hybridized carbons (Fsp3) is 0.379. The molecule has 3 aromatic rings. The first-order valence-corrected chi connectivity index (χ1v) is 14.5. The van der Waals surface area contributed by atoms with Gasteiger partial charge in [0.1, 0.15) is 0 Å². The van der Waals surface area contributed by atoms with Gasteiger partial charge in [-0.3, -0.25) is 9.21 Å². The lowest BCUT2D eigenvalue weighted by Crippen LogP contribution is -2.38. The number of fused-ring (bicyclic) bond motifs is 1. The lowest BCUT2D eigenvalue weighted by molar-refractivity contribution is 0.255. The maximum atomic E-state index is 13.9. The standard InChI is InChI=1S/C29H33ClN2O2S/c1-2-19-31(20-22-7-8-22)21-23-9-11-25(12-10-23)29-18-13-24-5-3-4-6-28(24)32(29)35(33,34)27-16-14-26(30)15-17-27/h3-6,9-12,14-17,22,29H,2,7-8,13,18-21H2,1H3. The Labute approximate surface area is 214 Å². The summed E-state index contributed by atoms with van der Waals surface area (Å²) in [5.74, 6) is 0.870. The Bertz CT molecular complexity index is 1250. The average molecular weight is 509 g/mol. The fourth-order valence-corrected chi connectivity index (χ4v) is 6.99. The summed E-state index contributed by atoms with van der Waals surface area (Å²) >= 11 is 6.04. The third-order valence-electron chi connectivity index (χ3n) is 7.09. The molecular weight excluding hydrogens is 476 g/mol. The Morgan fingerprint density at radius 1 is 0.943 bits per heavy atom. The number of sulfonamides is 1. The normalized spacial score (nSPS) is 18.0. The molecular formula is C29H33ClN2O2S. The van der Waals surface area contributed by atoms with Crippen LogP contribution in [0.25, 0.3) is 0 Å². The van der Waals surface area contributed by atoms with Crippen LogP contribution in [0, 0.1) is 5.92 Å². The predicted molar refractivity (Wildman–Crippen MR) is 143 cm³/mol. The van der Waals surface area contributed by atoms with E-state index in [1.165, 1.54) is 24.9 Å². The molecule has 0 bridgehead atoms. The molecule has 3 aromatic carbocycles. The van der Waals surface area contributed by atoms with Crippen molar-refractivity contribution in [2.75, 3.05) is 17.4 Å². The zero-order valence-corrected chi connectivity index (χ0v) is 21.8. The molecule has 1 fully saturated rings. The largest absolute Gasteiger partial charge is 0.299 e. The molecule has 1 unspecified atom stereocenters. The smallest absolute Gasteiger partial charge is 0.264 e. The molecule has 35 heavy (non-hydrogen) atoms. The fourth-order valence-electron chi connectivity index (χ4n) is 5.15. The minimum Gasteiger partial charge on any atom is -0.299 e. The van der Waals surface area contributed by atoms with Gasteiger partial charge in [-0.25, -0.2) is 8.42 Å². The van der Waals surface area contributed by atoms with Crippen molar-refractivity contribution in [2.24, 2.45) is 5.92 Å². The molecule has 1 saturated carbocycles. The first kappa shape index (κ1) is 24.4. The summed E-state index contributed by atoms with van der Waals surface area (Å²) in [5, 5.41) is 0.522. The number of halogens is 1. The first-order valence-electron chi connectivity index (χ1n) is 12.6. The molecule has 0 N–H and O–H groups in total. The highest BCUT2D eigenvalue weighted by atomic mass is 35.5. The number of aryl methyl sites for hydroxylation is 1. The van der Waals surface area contributed by atoms with Crippen LogP contribution in [0.15, 0.2) is 77.7 Å². The second-order valence-corrected chi connectivity index (χ2v) is 12.1. The maximum absolute atomic E-state index is 13.9. The highest BCUT2D eigenvalue weighted by Gasteiger charge is 2.36. The number of anilines is 1. The quantitative estimate of drug-likeness (QED) is 0.317. The predicted octanol–water partition coefficient (Wildman–Crippen LogP) is 6.84. The number of nitrogens with zero attached hydrogens (tertiary/aromatic N) is 2. The molecule has 0 spiro atoms. The monoisotopic (exact) mass is 508 g/mol. The van der Waals surface area contributed by atoms with Crippen LogP contribution >= 0.6 is 11.6 Å². The molecule has 0 saturated heterocycles. The van der Waals surface area contributed by atoms with Crippen molar-refractivity contribution in [3.63, 3.8) is 0 Å². The Balaban J connectivity index is 1.45. The van der Waals surface area contributed by atoms with Crippen LogP contribution in [-0.2, 0) is 23.0 Å². The number of hydrogen-bond acceptors (Lipinski definition) is 3. The van der Waals surface area contributed by atoms with E-state index in [1.807, 2.05) is 24.3 Å². The van der Waals surface area contributed by atoms with Gasteiger partial charge in [0.15, 0.2) is 0 Å². The molecule has 1 heterocycles. The maximum Gasteiger partial charge on any atom is 0.264 e. The molecule has 1 aliphatic heterocycles. The number of para-hydroxylation sites is 1.